The Hall–Kier alpha value is -1.63. The molecule has 0 amide bonds. The van der Waals surface area contributed by atoms with E-state index in [0.717, 1.165) is 5.56 Å². The van der Waals surface area contributed by atoms with Crippen LogP contribution in [0.25, 0.3) is 11.1 Å². The molecular weight excluding hydrogens is 187 g/mol. The molecular formula is C14H12F. The Morgan fingerprint density at radius 2 is 1.47 bits per heavy atom. The van der Waals surface area contributed by atoms with E-state index < -0.39 is 0 Å². The average molecular weight is 199 g/mol. The summed E-state index contributed by atoms with van der Waals surface area (Å²) in [6.45, 7) is 4.09. The molecule has 0 heterocycles. The van der Waals surface area contributed by atoms with E-state index in [9.17, 15) is 4.39 Å². The van der Waals surface area contributed by atoms with Crippen LogP contribution in [0.3, 0.4) is 0 Å². The molecule has 2 rings (SSSR count). The number of hydrogen-bond acceptors (Lipinski definition) is 0. The first-order valence-electron chi connectivity index (χ1n) is 4.92. The van der Waals surface area contributed by atoms with Gasteiger partial charge >= 0.3 is 0 Å². The van der Waals surface area contributed by atoms with E-state index in [0.29, 0.717) is 0 Å². The third-order valence-corrected chi connectivity index (χ3v) is 2.52. The van der Waals surface area contributed by atoms with Gasteiger partial charge in [-0.05, 0) is 54.3 Å². The SMILES string of the molecule is Cc1c[c]cc(C)c1-c1ccc(F)cc1. The lowest BCUT2D eigenvalue weighted by molar-refractivity contribution is 0.628. The van der Waals surface area contributed by atoms with Gasteiger partial charge < -0.3 is 0 Å². The molecule has 0 saturated carbocycles. The minimum absolute atomic E-state index is 0.198. The van der Waals surface area contributed by atoms with Crippen LogP contribution in [0.2, 0.25) is 0 Å². The van der Waals surface area contributed by atoms with Crippen molar-refractivity contribution in [2.75, 3.05) is 0 Å². The Labute approximate surface area is 89.4 Å². The zero-order chi connectivity index (χ0) is 10.8. The van der Waals surface area contributed by atoms with Gasteiger partial charge in [-0.25, -0.2) is 4.39 Å². The topological polar surface area (TPSA) is 0 Å². The fraction of sp³-hybridized carbons (Fsp3) is 0.143. The molecule has 0 aliphatic carbocycles. The summed E-state index contributed by atoms with van der Waals surface area (Å²) in [5.41, 5.74) is 4.57. The molecule has 0 N–H and O–H groups in total. The lowest BCUT2D eigenvalue weighted by atomic mass is 9.96. The van der Waals surface area contributed by atoms with Gasteiger partial charge in [0.25, 0.3) is 0 Å². The highest BCUT2D eigenvalue weighted by Crippen LogP contribution is 2.26. The quantitative estimate of drug-likeness (QED) is 0.653. The van der Waals surface area contributed by atoms with E-state index in [1.807, 2.05) is 38.1 Å². The van der Waals surface area contributed by atoms with Crippen LogP contribution >= 0.6 is 0 Å². The maximum Gasteiger partial charge on any atom is 0.123 e. The first kappa shape index (κ1) is 9.91. The molecule has 1 radical (unpaired) electrons. The summed E-state index contributed by atoms with van der Waals surface area (Å²) in [4.78, 5) is 0. The fourth-order valence-corrected chi connectivity index (χ4v) is 1.82. The summed E-state index contributed by atoms with van der Waals surface area (Å²) < 4.78 is 12.8. The van der Waals surface area contributed by atoms with Gasteiger partial charge in [-0.15, -0.1) is 0 Å². The van der Waals surface area contributed by atoms with Gasteiger partial charge in [-0.1, -0.05) is 24.3 Å². The molecule has 0 saturated heterocycles. The van der Waals surface area contributed by atoms with Crippen molar-refractivity contribution in [3.63, 3.8) is 0 Å². The minimum Gasteiger partial charge on any atom is -0.207 e. The largest absolute Gasteiger partial charge is 0.207 e. The Kier molecular flexibility index (Phi) is 2.55. The van der Waals surface area contributed by atoms with E-state index in [1.165, 1.54) is 28.8 Å². The Morgan fingerprint density at radius 1 is 0.933 bits per heavy atom. The van der Waals surface area contributed by atoms with Crippen molar-refractivity contribution in [1.82, 2.24) is 0 Å². The van der Waals surface area contributed by atoms with E-state index in [2.05, 4.69) is 6.07 Å². The molecule has 0 atom stereocenters. The van der Waals surface area contributed by atoms with Crippen molar-refractivity contribution >= 4 is 0 Å². The zero-order valence-electron chi connectivity index (χ0n) is 8.84. The Bertz CT molecular complexity index is 449. The van der Waals surface area contributed by atoms with E-state index in [1.54, 1.807) is 0 Å². The van der Waals surface area contributed by atoms with E-state index in [-0.39, 0.29) is 5.82 Å². The molecule has 0 aliphatic rings. The molecule has 0 spiro atoms. The molecule has 15 heavy (non-hydrogen) atoms. The Balaban J connectivity index is 2.58. The van der Waals surface area contributed by atoms with Crippen LogP contribution in [0.1, 0.15) is 11.1 Å². The lowest BCUT2D eigenvalue weighted by Crippen LogP contribution is -1.87. The van der Waals surface area contributed by atoms with Crippen LogP contribution in [0.4, 0.5) is 4.39 Å². The first-order chi connectivity index (χ1) is 7.18. The summed E-state index contributed by atoms with van der Waals surface area (Å²) >= 11 is 0. The van der Waals surface area contributed by atoms with Gasteiger partial charge in [0.2, 0.25) is 0 Å². The third kappa shape index (κ3) is 1.91. The van der Waals surface area contributed by atoms with E-state index >= 15 is 0 Å². The minimum atomic E-state index is -0.198. The molecule has 2 aromatic carbocycles. The summed E-state index contributed by atoms with van der Waals surface area (Å²) in [6.07, 6.45) is 0. The van der Waals surface area contributed by atoms with Crippen molar-refractivity contribution in [2.45, 2.75) is 13.8 Å². The Morgan fingerprint density at radius 3 is 2.00 bits per heavy atom. The molecule has 0 unspecified atom stereocenters. The maximum atomic E-state index is 12.8. The highest BCUT2D eigenvalue weighted by molar-refractivity contribution is 5.70. The second-order valence-electron chi connectivity index (χ2n) is 3.70. The number of benzene rings is 2. The smallest absolute Gasteiger partial charge is 0.123 e. The van der Waals surface area contributed by atoms with Crippen molar-refractivity contribution in [3.05, 3.63) is 59.4 Å². The number of rotatable bonds is 1. The van der Waals surface area contributed by atoms with Gasteiger partial charge in [0, 0.05) is 0 Å². The van der Waals surface area contributed by atoms with Crippen LogP contribution in [0.5, 0.6) is 0 Å². The van der Waals surface area contributed by atoms with Crippen molar-refractivity contribution < 1.29 is 4.39 Å². The first-order valence-corrected chi connectivity index (χ1v) is 4.92. The third-order valence-electron chi connectivity index (χ3n) is 2.52. The maximum absolute atomic E-state index is 12.8. The highest BCUT2D eigenvalue weighted by atomic mass is 19.1. The van der Waals surface area contributed by atoms with Crippen molar-refractivity contribution in [1.29, 1.82) is 0 Å². The van der Waals surface area contributed by atoms with Gasteiger partial charge in [-0.2, -0.15) is 0 Å². The standard InChI is InChI=1S/C14H12F/c1-10-4-3-5-11(2)14(10)12-6-8-13(15)9-7-12/h4-9H,1-2H3. The molecule has 75 valence electrons. The number of aryl methyl sites for hydroxylation is 2. The van der Waals surface area contributed by atoms with Crippen LogP contribution in [0.15, 0.2) is 36.4 Å². The van der Waals surface area contributed by atoms with Gasteiger partial charge in [0.05, 0.1) is 0 Å². The fourth-order valence-electron chi connectivity index (χ4n) is 1.82. The van der Waals surface area contributed by atoms with Crippen molar-refractivity contribution in [2.24, 2.45) is 0 Å². The molecule has 0 fully saturated rings. The predicted molar refractivity (Wildman–Crippen MR) is 60.1 cm³/mol. The molecule has 0 nitrogen and oxygen atoms in total. The lowest BCUT2D eigenvalue weighted by Gasteiger charge is -2.09. The second-order valence-corrected chi connectivity index (χ2v) is 3.70. The average Bonchev–Trinajstić information content (AvgIpc) is 2.20. The van der Waals surface area contributed by atoms with Gasteiger partial charge in [0.1, 0.15) is 5.82 Å². The monoisotopic (exact) mass is 199 g/mol. The molecule has 1 heteroatoms. The van der Waals surface area contributed by atoms with Gasteiger partial charge in [-0.3, -0.25) is 0 Å². The van der Waals surface area contributed by atoms with Crippen LogP contribution in [0, 0.1) is 25.7 Å². The normalized spacial score (nSPS) is 10.3. The zero-order valence-corrected chi connectivity index (χ0v) is 8.84. The van der Waals surface area contributed by atoms with Gasteiger partial charge in [0.15, 0.2) is 0 Å². The molecule has 0 aliphatic heterocycles. The second kappa shape index (κ2) is 3.85. The summed E-state index contributed by atoms with van der Waals surface area (Å²) in [5.74, 6) is -0.198. The number of hydrogen-bond donors (Lipinski definition) is 0. The van der Waals surface area contributed by atoms with E-state index in [4.69, 9.17) is 0 Å². The molecule has 0 aromatic heterocycles. The van der Waals surface area contributed by atoms with Crippen LogP contribution in [-0.4, -0.2) is 0 Å². The predicted octanol–water partition coefficient (Wildman–Crippen LogP) is 3.91. The highest BCUT2D eigenvalue weighted by Gasteiger charge is 2.04. The molecule has 0 bridgehead atoms. The molecule has 2 aromatic rings. The van der Waals surface area contributed by atoms with Crippen molar-refractivity contribution in [3.8, 4) is 11.1 Å². The van der Waals surface area contributed by atoms with Crippen LogP contribution in [-0.2, 0) is 0 Å². The number of halogens is 1. The summed E-state index contributed by atoms with van der Waals surface area (Å²) in [6, 6.07) is 13.6. The summed E-state index contributed by atoms with van der Waals surface area (Å²) in [5, 5.41) is 0. The summed E-state index contributed by atoms with van der Waals surface area (Å²) in [7, 11) is 0. The van der Waals surface area contributed by atoms with Crippen LogP contribution < -0.4 is 0 Å².